The van der Waals surface area contributed by atoms with Crippen LogP contribution in [-0.2, 0) is 13.1 Å². The van der Waals surface area contributed by atoms with Gasteiger partial charge >= 0.3 is 0 Å². The van der Waals surface area contributed by atoms with Crippen LogP contribution in [0.3, 0.4) is 0 Å². The fraction of sp³-hybridized carbons (Fsp3) is 0.379. The van der Waals surface area contributed by atoms with Gasteiger partial charge in [-0.15, -0.1) is 16.4 Å². The van der Waals surface area contributed by atoms with Crippen LogP contribution in [0.1, 0.15) is 72.0 Å². The summed E-state index contributed by atoms with van der Waals surface area (Å²) in [6.07, 6.45) is 3.70. The van der Waals surface area contributed by atoms with Crippen molar-refractivity contribution in [2.45, 2.75) is 59.0 Å². The number of nitrogens with zero attached hydrogens (tertiary/aromatic N) is 6. The van der Waals surface area contributed by atoms with Crippen molar-refractivity contribution in [2.24, 2.45) is 0 Å². The number of anilines is 2. The Kier molecular flexibility index (Phi) is 7.65. The Balaban J connectivity index is 1.46. The molecule has 0 atom stereocenters. The zero-order chi connectivity index (χ0) is 25.8. The summed E-state index contributed by atoms with van der Waals surface area (Å²) in [5.41, 5.74) is 5.16. The van der Waals surface area contributed by atoms with Crippen molar-refractivity contribution in [3.8, 4) is 0 Å². The van der Waals surface area contributed by atoms with Crippen LogP contribution in [0.4, 0.5) is 10.8 Å². The highest BCUT2D eigenvalue weighted by atomic mass is 32.1. The minimum atomic E-state index is -0.155. The van der Waals surface area contributed by atoms with Gasteiger partial charge in [0.1, 0.15) is 0 Å². The van der Waals surface area contributed by atoms with Crippen LogP contribution >= 0.6 is 11.3 Å². The molecule has 0 saturated carbocycles. The first kappa shape index (κ1) is 25.1. The molecule has 0 radical (unpaired) electrons. The van der Waals surface area contributed by atoms with E-state index in [1.807, 2.05) is 48.2 Å². The highest BCUT2D eigenvalue weighted by Crippen LogP contribution is 2.31. The molecule has 1 amide bonds. The average Bonchev–Trinajstić information content (AvgIpc) is 3.55. The number of para-hydroxylation sites is 1. The Morgan fingerprint density at radius 1 is 1.03 bits per heavy atom. The van der Waals surface area contributed by atoms with E-state index in [1.165, 1.54) is 19.3 Å². The van der Waals surface area contributed by atoms with Crippen LogP contribution in [0, 0.1) is 6.92 Å². The molecule has 3 heterocycles. The van der Waals surface area contributed by atoms with Crippen LogP contribution in [0.25, 0.3) is 0 Å². The summed E-state index contributed by atoms with van der Waals surface area (Å²) < 4.78 is 1.80. The third-order valence-corrected chi connectivity index (χ3v) is 7.89. The highest BCUT2D eigenvalue weighted by Gasteiger charge is 2.27. The van der Waals surface area contributed by atoms with Gasteiger partial charge in [-0.05, 0) is 49.3 Å². The summed E-state index contributed by atoms with van der Waals surface area (Å²) in [5, 5.41) is 11.8. The van der Waals surface area contributed by atoms with Crippen LogP contribution in [-0.4, -0.2) is 39.0 Å². The summed E-state index contributed by atoms with van der Waals surface area (Å²) in [5.74, 6) is 0.109. The van der Waals surface area contributed by atoms with Crippen LogP contribution in [0.2, 0.25) is 0 Å². The second kappa shape index (κ2) is 11.3. The van der Waals surface area contributed by atoms with Crippen molar-refractivity contribution in [3.63, 3.8) is 0 Å². The Hall–Kier alpha value is -3.52. The standard InChI is InChI=1S/C29H34N6OS/c1-21(2)25-14-8-9-15-26(25)34(19-24-20-37-29(30-24)33-16-10-5-11-17-33)28(36)27-22(3)35(32-31-27)18-23-12-6-4-7-13-23/h4,6-9,12-15,20-21H,5,10-11,16-19H2,1-3H3. The zero-order valence-corrected chi connectivity index (χ0v) is 22.6. The first-order chi connectivity index (χ1) is 18.0. The van der Waals surface area contributed by atoms with E-state index in [-0.39, 0.29) is 11.8 Å². The number of aromatic nitrogens is 4. The molecule has 7 nitrogen and oxygen atoms in total. The van der Waals surface area contributed by atoms with E-state index >= 15 is 0 Å². The first-order valence-corrected chi connectivity index (χ1v) is 13.9. The zero-order valence-electron chi connectivity index (χ0n) is 21.8. The molecule has 1 aliphatic rings. The molecule has 0 aliphatic carbocycles. The fourth-order valence-electron chi connectivity index (χ4n) is 4.84. The summed E-state index contributed by atoms with van der Waals surface area (Å²) >= 11 is 1.66. The van der Waals surface area contributed by atoms with E-state index in [9.17, 15) is 4.79 Å². The van der Waals surface area contributed by atoms with Crippen molar-refractivity contribution in [1.29, 1.82) is 0 Å². The van der Waals surface area contributed by atoms with Crippen LogP contribution in [0.15, 0.2) is 60.0 Å². The van der Waals surface area contributed by atoms with Crippen LogP contribution in [0.5, 0.6) is 0 Å². The fourth-order valence-corrected chi connectivity index (χ4v) is 5.71. The smallest absolute Gasteiger partial charge is 0.281 e. The monoisotopic (exact) mass is 514 g/mol. The summed E-state index contributed by atoms with van der Waals surface area (Å²) in [6.45, 7) is 9.28. The van der Waals surface area contributed by atoms with E-state index in [0.717, 1.165) is 46.4 Å². The van der Waals surface area contributed by atoms with E-state index in [1.54, 1.807) is 16.0 Å². The van der Waals surface area contributed by atoms with Crippen molar-refractivity contribution in [3.05, 3.63) is 88.2 Å². The molecule has 4 aromatic rings. The first-order valence-electron chi connectivity index (χ1n) is 13.1. The number of thiazole rings is 1. The van der Waals surface area contributed by atoms with Crippen molar-refractivity contribution < 1.29 is 4.79 Å². The number of carbonyl (C=O) groups excluding carboxylic acids is 1. The largest absolute Gasteiger partial charge is 0.348 e. The lowest BCUT2D eigenvalue weighted by Crippen LogP contribution is -2.33. The Labute approximate surface area is 222 Å². The molecule has 0 unspecified atom stereocenters. The maximum Gasteiger partial charge on any atom is 0.281 e. The van der Waals surface area contributed by atoms with E-state index in [0.29, 0.717) is 18.8 Å². The summed E-state index contributed by atoms with van der Waals surface area (Å²) in [4.78, 5) is 23.2. The molecule has 0 bridgehead atoms. The van der Waals surface area contributed by atoms with Gasteiger partial charge in [-0.2, -0.15) is 0 Å². The van der Waals surface area contributed by atoms with E-state index in [4.69, 9.17) is 4.98 Å². The maximum absolute atomic E-state index is 14.1. The third kappa shape index (κ3) is 5.59. The molecule has 1 fully saturated rings. The van der Waals surface area contributed by atoms with E-state index < -0.39 is 0 Å². The van der Waals surface area contributed by atoms with Gasteiger partial charge in [0, 0.05) is 24.2 Å². The Bertz CT molecular complexity index is 1340. The van der Waals surface area contributed by atoms with Gasteiger partial charge < -0.3 is 9.80 Å². The minimum absolute atomic E-state index is 0.155. The Morgan fingerprint density at radius 3 is 2.51 bits per heavy atom. The molecule has 1 saturated heterocycles. The lowest BCUT2D eigenvalue weighted by atomic mass is 10.00. The number of rotatable bonds is 8. The molecule has 8 heteroatoms. The molecule has 0 spiro atoms. The lowest BCUT2D eigenvalue weighted by Gasteiger charge is -2.26. The maximum atomic E-state index is 14.1. The number of carbonyl (C=O) groups is 1. The molecule has 1 aliphatic heterocycles. The predicted molar refractivity (Wildman–Crippen MR) is 150 cm³/mol. The van der Waals surface area contributed by atoms with Gasteiger partial charge in [0.2, 0.25) is 0 Å². The molecule has 0 N–H and O–H groups in total. The van der Waals surface area contributed by atoms with Gasteiger partial charge in [0.25, 0.3) is 5.91 Å². The molecule has 5 rings (SSSR count). The second-order valence-electron chi connectivity index (χ2n) is 9.94. The number of benzene rings is 2. The molecule has 2 aromatic heterocycles. The number of piperidine rings is 1. The lowest BCUT2D eigenvalue weighted by molar-refractivity contribution is 0.0979. The number of amides is 1. The average molecular weight is 515 g/mol. The third-order valence-electron chi connectivity index (χ3n) is 6.94. The van der Waals surface area contributed by atoms with Crippen molar-refractivity contribution in [1.82, 2.24) is 20.0 Å². The van der Waals surface area contributed by atoms with Gasteiger partial charge in [-0.3, -0.25) is 4.79 Å². The SMILES string of the molecule is Cc1c(C(=O)N(Cc2csc(N3CCCCC3)n2)c2ccccc2C(C)C)nnn1Cc1ccccc1. The molecular weight excluding hydrogens is 480 g/mol. The molecule has 2 aromatic carbocycles. The number of hydrogen-bond acceptors (Lipinski definition) is 6. The van der Waals surface area contributed by atoms with Gasteiger partial charge in [-0.1, -0.05) is 67.6 Å². The van der Waals surface area contributed by atoms with Gasteiger partial charge in [-0.25, -0.2) is 9.67 Å². The van der Waals surface area contributed by atoms with Gasteiger partial charge in [0.15, 0.2) is 10.8 Å². The minimum Gasteiger partial charge on any atom is -0.348 e. The highest BCUT2D eigenvalue weighted by molar-refractivity contribution is 7.13. The van der Waals surface area contributed by atoms with Crippen LogP contribution < -0.4 is 9.80 Å². The molecular formula is C29H34N6OS. The quantitative estimate of drug-likeness (QED) is 0.286. The predicted octanol–water partition coefficient (Wildman–Crippen LogP) is 6.05. The normalized spacial score (nSPS) is 13.8. The topological polar surface area (TPSA) is 67.2 Å². The second-order valence-corrected chi connectivity index (χ2v) is 10.8. The van der Waals surface area contributed by atoms with Gasteiger partial charge in [0.05, 0.1) is 24.5 Å². The molecule has 192 valence electrons. The van der Waals surface area contributed by atoms with Crippen molar-refractivity contribution in [2.75, 3.05) is 22.9 Å². The van der Waals surface area contributed by atoms with Crippen molar-refractivity contribution >= 4 is 28.1 Å². The number of hydrogen-bond donors (Lipinski definition) is 0. The Morgan fingerprint density at radius 2 is 1.76 bits per heavy atom. The molecule has 37 heavy (non-hydrogen) atoms. The summed E-state index contributed by atoms with van der Waals surface area (Å²) in [6, 6.07) is 18.2. The summed E-state index contributed by atoms with van der Waals surface area (Å²) in [7, 11) is 0. The van der Waals surface area contributed by atoms with E-state index in [2.05, 4.69) is 52.6 Å².